The molecule has 5 heteroatoms. The Hall–Kier alpha value is -3.02. The fourth-order valence-electron chi connectivity index (χ4n) is 2.07. The molecule has 0 bridgehead atoms. The van der Waals surface area contributed by atoms with E-state index in [-0.39, 0.29) is 0 Å². The molecular formula is C18H17N3O2. The summed E-state index contributed by atoms with van der Waals surface area (Å²) in [5, 5.41) is 21.5. The molecule has 0 aliphatic heterocycles. The SMILES string of the molecule is COCCOc1ccc(CNc2c(C#N)cccc2C#N)cc1. The second-order valence-corrected chi connectivity index (χ2v) is 4.79. The van der Waals surface area contributed by atoms with Gasteiger partial charge in [-0.2, -0.15) is 10.5 Å². The highest BCUT2D eigenvalue weighted by Crippen LogP contribution is 2.21. The van der Waals surface area contributed by atoms with Crippen LogP contribution in [0, 0.1) is 22.7 Å². The molecule has 0 aromatic heterocycles. The lowest BCUT2D eigenvalue weighted by atomic mass is 10.1. The van der Waals surface area contributed by atoms with Crippen LogP contribution in [0.4, 0.5) is 5.69 Å². The second kappa shape index (κ2) is 8.43. The molecule has 0 atom stereocenters. The van der Waals surface area contributed by atoms with Crippen LogP contribution in [-0.4, -0.2) is 20.3 Å². The number of benzene rings is 2. The zero-order valence-corrected chi connectivity index (χ0v) is 12.9. The maximum atomic E-state index is 9.15. The lowest BCUT2D eigenvalue weighted by Gasteiger charge is -2.11. The summed E-state index contributed by atoms with van der Waals surface area (Å²) >= 11 is 0. The molecule has 2 rings (SSSR count). The van der Waals surface area contributed by atoms with Crippen molar-refractivity contribution in [2.75, 3.05) is 25.6 Å². The Morgan fingerprint density at radius 3 is 2.17 bits per heavy atom. The van der Waals surface area contributed by atoms with Gasteiger partial charge in [0.25, 0.3) is 0 Å². The van der Waals surface area contributed by atoms with E-state index in [0.29, 0.717) is 36.6 Å². The molecule has 23 heavy (non-hydrogen) atoms. The summed E-state index contributed by atoms with van der Waals surface area (Å²) in [7, 11) is 1.63. The van der Waals surface area contributed by atoms with Crippen LogP contribution in [0.3, 0.4) is 0 Å². The van der Waals surface area contributed by atoms with Crippen molar-refractivity contribution in [2.45, 2.75) is 6.54 Å². The summed E-state index contributed by atoms with van der Waals surface area (Å²) < 4.78 is 10.4. The van der Waals surface area contributed by atoms with Gasteiger partial charge in [-0.1, -0.05) is 18.2 Å². The summed E-state index contributed by atoms with van der Waals surface area (Å²) in [5.41, 5.74) is 2.52. The van der Waals surface area contributed by atoms with Crippen molar-refractivity contribution in [3.63, 3.8) is 0 Å². The largest absolute Gasteiger partial charge is 0.491 e. The van der Waals surface area contributed by atoms with Crippen molar-refractivity contribution in [2.24, 2.45) is 0 Å². The fraction of sp³-hybridized carbons (Fsp3) is 0.222. The summed E-state index contributed by atoms with van der Waals surface area (Å²) in [6.07, 6.45) is 0. The Labute approximate surface area is 135 Å². The third-order valence-corrected chi connectivity index (χ3v) is 3.25. The number of anilines is 1. The number of methoxy groups -OCH3 is 1. The van der Waals surface area contributed by atoms with Gasteiger partial charge in [0.2, 0.25) is 0 Å². The first-order chi connectivity index (χ1) is 11.3. The van der Waals surface area contributed by atoms with Crippen LogP contribution in [0.15, 0.2) is 42.5 Å². The van der Waals surface area contributed by atoms with E-state index < -0.39 is 0 Å². The molecule has 0 saturated carbocycles. The average Bonchev–Trinajstić information content (AvgIpc) is 2.61. The van der Waals surface area contributed by atoms with E-state index in [1.165, 1.54) is 0 Å². The average molecular weight is 307 g/mol. The van der Waals surface area contributed by atoms with E-state index in [1.54, 1.807) is 25.3 Å². The van der Waals surface area contributed by atoms with Gasteiger partial charge in [-0.15, -0.1) is 0 Å². The molecule has 0 aliphatic carbocycles. The van der Waals surface area contributed by atoms with Gasteiger partial charge in [0, 0.05) is 13.7 Å². The molecule has 0 saturated heterocycles. The molecule has 2 aromatic rings. The quantitative estimate of drug-likeness (QED) is 0.795. The summed E-state index contributed by atoms with van der Waals surface area (Å²) in [4.78, 5) is 0. The first-order valence-electron chi connectivity index (χ1n) is 7.16. The van der Waals surface area contributed by atoms with Crippen LogP contribution in [0.1, 0.15) is 16.7 Å². The molecule has 0 aliphatic rings. The number of rotatable bonds is 7. The van der Waals surface area contributed by atoms with E-state index in [2.05, 4.69) is 17.5 Å². The van der Waals surface area contributed by atoms with Crippen molar-refractivity contribution in [1.82, 2.24) is 0 Å². The number of nitriles is 2. The zero-order chi connectivity index (χ0) is 16.5. The number of ether oxygens (including phenoxy) is 2. The van der Waals surface area contributed by atoms with Gasteiger partial charge in [0.05, 0.1) is 23.4 Å². The number of nitrogens with one attached hydrogen (secondary N) is 1. The standard InChI is InChI=1S/C18H17N3O2/c1-22-9-10-23-17-7-5-14(6-8-17)13-21-18-15(11-19)3-2-4-16(18)12-20/h2-8,21H,9-10,13H2,1H3. The molecule has 0 heterocycles. The molecule has 0 radical (unpaired) electrons. The minimum Gasteiger partial charge on any atom is -0.491 e. The van der Waals surface area contributed by atoms with Gasteiger partial charge in [0.15, 0.2) is 0 Å². The predicted molar refractivity (Wildman–Crippen MR) is 87.0 cm³/mol. The number of para-hydroxylation sites is 1. The Morgan fingerprint density at radius 1 is 0.957 bits per heavy atom. The van der Waals surface area contributed by atoms with Crippen molar-refractivity contribution in [1.29, 1.82) is 10.5 Å². The van der Waals surface area contributed by atoms with Gasteiger partial charge >= 0.3 is 0 Å². The van der Waals surface area contributed by atoms with E-state index in [0.717, 1.165) is 11.3 Å². The summed E-state index contributed by atoms with van der Waals surface area (Å²) in [5.74, 6) is 0.779. The molecule has 0 unspecified atom stereocenters. The highest BCUT2D eigenvalue weighted by molar-refractivity contribution is 5.66. The number of hydrogen-bond acceptors (Lipinski definition) is 5. The monoisotopic (exact) mass is 307 g/mol. The normalized spacial score (nSPS) is 9.70. The number of hydrogen-bond donors (Lipinski definition) is 1. The Balaban J connectivity index is 2.02. The maximum Gasteiger partial charge on any atom is 0.119 e. The molecule has 5 nitrogen and oxygen atoms in total. The van der Waals surface area contributed by atoms with E-state index in [9.17, 15) is 0 Å². The lowest BCUT2D eigenvalue weighted by molar-refractivity contribution is 0.146. The minimum absolute atomic E-state index is 0.462. The van der Waals surface area contributed by atoms with E-state index in [1.807, 2.05) is 24.3 Å². The second-order valence-electron chi connectivity index (χ2n) is 4.79. The van der Waals surface area contributed by atoms with Gasteiger partial charge in [-0.25, -0.2) is 0 Å². The smallest absolute Gasteiger partial charge is 0.119 e. The highest BCUT2D eigenvalue weighted by atomic mass is 16.5. The maximum absolute atomic E-state index is 9.15. The van der Waals surface area contributed by atoms with E-state index in [4.69, 9.17) is 20.0 Å². The van der Waals surface area contributed by atoms with Gasteiger partial charge < -0.3 is 14.8 Å². The Morgan fingerprint density at radius 2 is 1.61 bits per heavy atom. The van der Waals surface area contributed by atoms with Gasteiger partial charge in [-0.05, 0) is 29.8 Å². The van der Waals surface area contributed by atoms with E-state index >= 15 is 0 Å². The third-order valence-electron chi connectivity index (χ3n) is 3.25. The topological polar surface area (TPSA) is 78.1 Å². The van der Waals surface area contributed by atoms with Crippen molar-refractivity contribution in [3.8, 4) is 17.9 Å². The predicted octanol–water partition coefficient (Wildman–Crippen LogP) is 3.07. The van der Waals surface area contributed by atoms with Crippen LogP contribution < -0.4 is 10.1 Å². The minimum atomic E-state index is 0.462. The van der Waals surface area contributed by atoms with Gasteiger partial charge in [0.1, 0.15) is 24.5 Å². The Bertz CT molecular complexity index is 695. The van der Waals surface area contributed by atoms with Crippen molar-refractivity contribution < 1.29 is 9.47 Å². The summed E-state index contributed by atoms with van der Waals surface area (Å²) in [6, 6.07) is 16.9. The molecule has 116 valence electrons. The van der Waals surface area contributed by atoms with Crippen LogP contribution in [0.2, 0.25) is 0 Å². The molecule has 1 N–H and O–H groups in total. The highest BCUT2D eigenvalue weighted by Gasteiger charge is 2.07. The molecule has 2 aromatic carbocycles. The lowest BCUT2D eigenvalue weighted by Crippen LogP contribution is -2.05. The van der Waals surface area contributed by atoms with Crippen LogP contribution in [-0.2, 0) is 11.3 Å². The number of nitrogens with zero attached hydrogens (tertiary/aromatic N) is 2. The zero-order valence-electron chi connectivity index (χ0n) is 12.9. The van der Waals surface area contributed by atoms with Crippen LogP contribution >= 0.6 is 0 Å². The van der Waals surface area contributed by atoms with Crippen molar-refractivity contribution in [3.05, 3.63) is 59.2 Å². The first kappa shape index (κ1) is 16.4. The molecule has 0 fully saturated rings. The first-order valence-corrected chi connectivity index (χ1v) is 7.16. The van der Waals surface area contributed by atoms with Crippen molar-refractivity contribution >= 4 is 5.69 Å². The molecule has 0 amide bonds. The summed E-state index contributed by atoms with van der Waals surface area (Å²) in [6.45, 7) is 1.58. The Kier molecular flexibility index (Phi) is 5.99. The fourth-order valence-corrected chi connectivity index (χ4v) is 2.07. The van der Waals surface area contributed by atoms with Gasteiger partial charge in [-0.3, -0.25) is 0 Å². The molecule has 0 spiro atoms. The van der Waals surface area contributed by atoms with Crippen LogP contribution in [0.5, 0.6) is 5.75 Å². The van der Waals surface area contributed by atoms with Crippen LogP contribution in [0.25, 0.3) is 0 Å². The molecular weight excluding hydrogens is 290 g/mol. The third kappa shape index (κ3) is 4.47.